The quantitative estimate of drug-likeness (QED) is 0.848. The Labute approximate surface area is 153 Å². The molecule has 138 valence electrons. The van der Waals surface area contributed by atoms with Gasteiger partial charge in [0, 0.05) is 45.3 Å². The maximum Gasteiger partial charge on any atom is 0.260 e. The summed E-state index contributed by atoms with van der Waals surface area (Å²) in [4.78, 5) is 33.3. The highest BCUT2D eigenvalue weighted by molar-refractivity contribution is 5.81. The van der Waals surface area contributed by atoms with Crippen LogP contribution in [-0.4, -0.2) is 46.5 Å². The van der Waals surface area contributed by atoms with Crippen LogP contribution >= 0.6 is 0 Å². The molecule has 1 aliphatic carbocycles. The Hall–Kier alpha value is -2.37. The summed E-state index contributed by atoms with van der Waals surface area (Å²) in [6.45, 7) is 3.20. The summed E-state index contributed by atoms with van der Waals surface area (Å²) in [7, 11) is 1.71. The number of hydrogen-bond acceptors (Lipinski definition) is 4. The zero-order chi connectivity index (χ0) is 18.1. The smallest absolute Gasteiger partial charge is 0.260 e. The van der Waals surface area contributed by atoms with Crippen LogP contribution < -0.4 is 10.5 Å². The van der Waals surface area contributed by atoms with Gasteiger partial charge >= 0.3 is 0 Å². The van der Waals surface area contributed by atoms with Crippen molar-refractivity contribution >= 4 is 22.5 Å². The van der Waals surface area contributed by atoms with Crippen LogP contribution in [0.3, 0.4) is 0 Å². The molecule has 1 amide bonds. The number of anilines is 1. The minimum absolute atomic E-state index is 0.0242. The van der Waals surface area contributed by atoms with E-state index in [-0.39, 0.29) is 5.56 Å². The molecular formula is C20H26N4O2. The molecule has 6 heteroatoms. The number of carbonyl (C=O) groups is 1. The first kappa shape index (κ1) is 17.1. The third-order valence-electron chi connectivity index (χ3n) is 5.84. The van der Waals surface area contributed by atoms with Crippen LogP contribution in [0.5, 0.6) is 0 Å². The van der Waals surface area contributed by atoms with Gasteiger partial charge < -0.3 is 14.4 Å². The first-order valence-electron chi connectivity index (χ1n) is 9.60. The van der Waals surface area contributed by atoms with E-state index >= 15 is 0 Å². The van der Waals surface area contributed by atoms with Crippen LogP contribution in [0.4, 0.5) is 5.69 Å². The van der Waals surface area contributed by atoms with E-state index in [2.05, 4.69) is 9.88 Å². The number of hydrogen-bond donors (Lipinski definition) is 0. The molecule has 2 aliphatic rings. The number of aromatic nitrogens is 2. The van der Waals surface area contributed by atoms with Gasteiger partial charge in [0.05, 0.1) is 17.2 Å². The molecule has 0 unspecified atom stereocenters. The predicted molar refractivity (Wildman–Crippen MR) is 102 cm³/mol. The Bertz CT molecular complexity index is 862. The molecule has 0 atom stereocenters. The fourth-order valence-electron chi connectivity index (χ4n) is 4.20. The summed E-state index contributed by atoms with van der Waals surface area (Å²) in [6.07, 6.45) is 7.29. The first-order valence-corrected chi connectivity index (χ1v) is 9.60. The van der Waals surface area contributed by atoms with Crippen molar-refractivity contribution in [3.8, 4) is 0 Å². The van der Waals surface area contributed by atoms with Gasteiger partial charge in [0.25, 0.3) is 5.56 Å². The van der Waals surface area contributed by atoms with E-state index in [1.165, 1.54) is 30.3 Å². The van der Waals surface area contributed by atoms with E-state index in [4.69, 9.17) is 0 Å². The summed E-state index contributed by atoms with van der Waals surface area (Å²) >= 11 is 0. The molecule has 4 rings (SSSR count). The maximum atomic E-state index is 12.5. The van der Waals surface area contributed by atoms with Gasteiger partial charge in [0.2, 0.25) is 5.91 Å². The molecule has 26 heavy (non-hydrogen) atoms. The van der Waals surface area contributed by atoms with Gasteiger partial charge in [0.1, 0.15) is 0 Å². The molecule has 1 saturated heterocycles. The standard InChI is InChI=1S/C20H26N4O2/c1-22-14-21-18-13-16(6-7-17(18)20(22)26)23-8-10-24(11-9-23)19(25)12-15-4-2-3-5-15/h6-7,13-15H,2-5,8-12H2,1H3. The highest BCUT2D eigenvalue weighted by Gasteiger charge is 2.25. The van der Waals surface area contributed by atoms with Gasteiger partial charge in [0.15, 0.2) is 0 Å². The maximum absolute atomic E-state index is 12.5. The molecule has 1 aliphatic heterocycles. The number of aryl methyl sites for hydroxylation is 1. The summed E-state index contributed by atoms with van der Waals surface area (Å²) in [5, 5.41) is 0.643. The van der Waals surface area contributed by atoms with Crippen molar-refractivity contribution in [1.82, 2.24) is 14.5 Å². The van der Waals surface area contributed by atoms with Crippen molar-refractivity contribution in [2.75, 3.05) is 31.1 Å². The molecule has 2 fully saturated rings. The lowest BCUT2D eigenvalue weighted by Crippen LogP contribution is -2.49. The number of benzene rings is 1. The summed E-state index contributed by atoms with van der Waals surface area (Å²) in [5.74, 6) is 0.926. The molecule has 0 radical (unpaired) electrons. The molecule has 0 spiro atoms. The minimum atomic E-state index is -0.0242. The van der Waals surface area contributed by atoms with Gasteiger partial charge in [-0.2, -0.15) is 0 Å². The van der Waals surface area contributed by atoms with Crippen LogP contribution in [0.25, 0.3) is 10.9 Å². The number of carbonyl (C=O) groups excluding carboxylic acids is 1. The summed E-state index contributed by atoms with van der Waals surface area (Å²) in [6, 6.07) is 5.83. The molecular weight excluding hydrogens is 328 g/mol. The van der Waals surface area contributed by atoms with Crippen LogP contribution in [0.15, 0.2) is 29.3 Å². The molecule has 1 aromatic carbocycles. The number of piperazine rings is 1. The Morgan fingerprint density at radius 1 is 1.15 bits per heavy atom. The van der Waals surface area contributed by atoms with Crippen molar-refractivity contribution in [1.29, 1.82) is 0 Å². The van der Waals surface area contributed by atoms with E-state index in [1.807, 2.05) is 23.1 Å². The van der Waals surface area contributed by atoms with Crippen LogP contribution in [-0.2, 0) is 11.8 Å². The molecule has 0 bridgehead atoms. The number of nitrogens with zero attached hydrogens (tertiary/aromatic N) is 4. The fraction of sp³-hybridized carbons (Fsp3) is 0.550. The average Bonchev–Trinajstić information content (AvgIpc) is 3.17. The molecule has 0 N–H and O–H groups in total. The Morgan fingerprint density at radius 2 is 1.88 bits per heavy atom. The van der Waals surface area contributed by atoms with Crippen molar-refractivity contribution in [2.45, 2.75) is 32.1 Å². The van der Waals surface area contributed by atoms with Crippen molar-refractivity contribution in [2.24, 2.45) is 13.0 Å². The lowest BCUT2D eigenvalue weighted by molar-refractivity contribution is -0.132. The van der Waals surface area contributed by atoms with E-state index in [1.54, 1.807) is 13.4 Å². The second kappa shape index (κ2) is 7.09. The highest BCUT2D eigenvalue weighted by Crippen LogP contribution is 2.28. The van der Waals surface area contributed by atoms with Gasteiger partial charge in [-0.05, 0) is 37.0 Å². The summed E-state index contributed by atoms with van der Waals surface area (Å²) < 4.78 is 1.50. The zero-order valence-electron chi connectivity index (χ0n) is 15.4. The number of fused-ring (bicyclic) bond motifs is 1. The van der Waals surface area contributed by atoms with Crippen molar-refractivity contribution < 1.29 is 4.79 Å². The average molecular weight is 354 g/mol. The Balaban J connectivity index is 1.41. The predicted octanol–water partition coefficient (Wildman–Crippen LogP) is 2.16. The largest absolute Gasteiger partial charge is 0.368 e. The van der Waals surface area contributed by atoms with Crippen molar-refractivity contribution in [3.05, 3.63) is 34.9 Å². The van der Waals surface area contributed by atoms with Gasteiger partial charge in [-0.1, -0.05) is 12.8 Å². The van der Waals surface area contributed by atoms with Crippen LogP contribution in [0.1, 0.15) is 32.1 Å². The molecule has 2 aromatic rings. The fourth-order valence-corrected chi connectivity index (χ4v) is 4.20. The highest BCUT2D eigenvalue weighted by atomic mass is 16.2. The number of rotatable bonds is 3. The lowest BCUT2D eigenvalue weighted by Gasteiger charge is -2.36. The molecule has 6 nitrogen and oxygen atoms in total. The zero-order valence-corrected chi connectivity index (χ0v) is 15.4. The summed E-state index contributed by atoms with van der Waals surface area (Å²) in [5.41, 5.74) is 1.77. The SMILES string of the molecule is Cn1cnc2cc(N3CCN(C(=O)CC4CCCC4)CC3)ccc2c1=O. The van der Waals surface area contributed by atoms with E-state index in [0.29, 0.717) is 17.2 Å². The molecule has 1 aromatic heterocycles. The minimum Gasteiger partial charge on any atom is -0.368 e. The second-order valence-electron chi connectivity index (χ2n) is 7.58. The van der Waals surface area contributed by atoms with Gasteiger partial charge in [-0.15, -0.1) is 0 Å². The van der Waals surface area contributed by atoms with E-state index < -0.39 is 0 Å². The first-order chi connectivity index (χ1) is 12.6. The van der Waals surface area contributed by atoms with Crippen LogP contribution in [0.2, 0.25) is 0 Å². The third kappa shape index (κ3) is 3.32. The molecule has 1 saturated carbocycles. The second-order valence-corrected chi connectivity index (χ2v) is 7.58. The van der Waals surface area contributed by atoms with Gasteiger partial charge in [-0.25, -0.2) is 4.98 Å². The topological polar surface area (TPSA) is 58.4 Å². The lowest BCUT2D eigenvalue weighted by atomic mass is 10.0. The number of amides is 1. The Morgan fingerprint density at radius 3 is 2.62 bits per heavy atom. The van der Waals surface area contributed by atoms with Crippen molar-refractivity contribution in [3.63, 3.8) is 0 Å². The van der Waals surface area contributed by atoms with Crippen LogP contribution in [0, 0.1) is 5.92 Å². The third-order valence-corrected chi connectivity index (χ3v) is 5.84. The van der Waals surface area contributed by atoms with E-state index in [9.17, 15) is 9.59 Å². The van der Waals surface area contributed by atoms with E-state index in [0.717, 1.165) is 43.8 Å². The monoisotopic (exact) mass is 354 g/mol. The van der Waals surface area contributed by atoms with Gasteiger partial charge in [-0.3, -0.25) is 9.59 Å². The Kier molecular flexibility index (Phi) is 4.66. The normalized spacial score (nSPS) is 18.7. The molecule has 2 heterocycles.